The zero-order valence-electron chi connectivity index (χ0n) is 14.1. The monoisotopic (exact) mass is 363 g/mol. The number of hydrogen-bond acceptors (Lipinski definition) is 4. The van der Waals surface area contributed by atoms with Gasteiger partial charge >= 0.3 is 5.69 Å². The normalized spacial score (nSPS) is 13.5. The third-order valence-corrected chi connectivity index (χ3v) is 5.73. The van der Waals surface area contributed by atoms with Gasteiger partial charge < -0.3 is 4.90 Å². The number of aromatic nitrogens is 2. The molecule has 3 rings (SSSR count). The topological polar surface area (TPSA) is 38.1 Å². The van der Waals surface area contributed by atoms with Crippen LogP contribution < -0.4 is 5.69 Å². The number of likely N-dealkylation sites (N-methyl/N-ethyl adjacent to an activating group) is 1. The zero-order valence-corrected chi connectivity index (χ0v) is 15.7. The molecule has 1 heterocycles. The Morgan fingerprint density at radius 2 is 2.08 bits per heavy atom. The summed E-state index contributed by atoms with van der Waals surface area (Å²) in [5, 5.41) is 1.65. The second-order valence-electron chi connectivity index (χ2n) is 6.31. The van der Waals surface area contributed by atoms with Crippen LogP contribution in [0.2, 0.25) is 5.02 Å². The second-order valence-corrected chi connectivity index (χ2v) is 7.68. The summed E-state index contributed by atoms with van der Waals surface area (Å²) in [6.45, 7) is 1.55. The van der Waals surface area contributed by atoms with E-state index >= 15 is 0 Å². The maximum atomic E-state index is 12.5. The van der Waals surface area contributed by atoms with Gasteiger partial charge in [0.05, 0.1) is 0 Å². The van der Waals surface area contributed by atoms with Crippen LogP contribution >= 0.6 is 23.4 Å². The van der Waals surface area contributed by atoms with Crippen LogP contribution in [0.4, 0.5) is 0 Å². The fourth-order valence-corrected chi connectivity index (χ4v) is 4.36. The number of halogens is 1. The van der Waals surface area contributed by atoms with Gasteiger partial charge in [0, 0.05) is 35.1 Å². The minimum Gasteiger partial charge on any atom is -0.308 e. The molecule has 2 aromatic rings. The molecule has 0 bridgehead atoms. The SMILES string of the molecule is CN(C)CCn1c2c(c(SCc3ccccc3Cl)nc1=O)CCC2. The van der Waals surface area contributed by atoms with Gasteiger partial charge in [-0.1, -0.05) is 29.8 Å². The first kappa shape index (κ1) is 17.5. The Bertz CT molecular complexity index is 788. The second kappa shape index (κ2) is 7.72. The zero-order chi connectivity index (χ0) is 17.1. The molecule has 0 saturated carbocycles. The highest BCUT2D eigenvalue weighted by Gasteiger charge is 2.22. The first-order valence-electron chi connectivity index (χ1n) is 8.20. The molecule has 0 unspecified atom stereocenters. The highest BCUT2D eigenvalue weighted by atomic mass is 35.5. The van der Waals surface area contributed by atoms with Crippen molar-refractivity contribution in [1.82, 2.24) is 14.5 Å². The molecule has 0 spiro atoms. The van der Waals surface area contributed by atoms with Crippen molar-refractivity contribution in [2.24, 2.45) is 0 Å². The van der Waals surface area contributed by atoms with Crippen LogP contribution in [0.3, 0.4) is 0 Å². The number of fused-ring (bicyclic) bond motifs is 1. The summed E-state index contributed by atoms with van der Waals surface area (Å²) in [4.78, 5) is 19.0. The van der Waals surface area contributed by atoms with Gasteiger partial charge in [0.15, 0.2) is 0 Å². The average Bonchev–Trinajstić information content (AvgIpc) is 3.02. The van der Waals surface area contributed by atoms with E-state index in [1.165, 1.54) is 11.3 Å². The molecule has 0 amide bonds. The minimum atomic E-state index is -0.126. The van der Waals surface area contributed by atoms with E-state index in [1.54, 1.807) is 11.8 Å². The molecule has 24 heavy (non-hydrogen) atoms. The molecule has 0 fully saturated rings. The Hall–Kier alpha value is -1.30. The van der Waals surface area contributed by atoms with Crippen molar-refractivity contribution in [3.63, 3.8) is 0 Å². The highest BCUT2D eigenvalue weighted by molar-refractivity contribution is 7.98. The molecule has 0 radical (unpaired) electrons. The van der Waals surface area contributed by atoms with Gasteiger partial charge in [0.1, 0.15) is 5.03 Å². The average molecular weight is 364 g/mol. The van der Waals surface area contributed by atoms with Gasteiger partial charge in [-0.25, -0.2) is 4.79 Å². The highest BCUT2D eigenvalue weighted by Crippen LogP contribution is 2.32. The van der Waals surface area contributed by atoms with E-state index in [0.29, 0.717) is 6.54 Å². The van der Waals surface area contributed by atoms with Crippen molar-refractivity contribution in [1.29, 1.82) is 0 Å². The van der Waals surface area contributed by atoms with Gasteiger partial charge in [0.25, 0.3) is 0 Å². The smallest absolute Gasteiger partial charge is 0.308 e. The van der Waals surface area contributed by atoms with Crippen LogP contribution in [0.25, 0.3) is 0 Å². The summed E-state index contributed by atoms with van der Waals surface area (Å²) < 4.78 is 1.86. The van der Waals surface area contributed by atoms with Crippen molar-refractivity contribution in [2.75, 3.05) is 20.6 Å². The van der Waals surface area contributed by atoms with Crippen molar-refractivity contribution in [3.8, 4) is 0 Å². The standard InChI is InChI=1S/C18H22ClN3OS/c1-21(2)10-11-22-16-9-5-7-14(16)17(20-18(22)23)24-12-13-6-3-4-8-15(13)19/h3-4,6,8H,5,7,9-12H2,1-2H3. The first-order valence-corrected chi connectivity index (χ1v) is 9.56. The Labute approximate surface area is 151 Å². The minimum absolute atomic E-state index is 0.126. The summed E-state index contributed by atoms with van der Waals surface area (Å²) in [5.74, 6) is 0.736. The van der Waals surface area contributed by atoms with Gasteiger partial charge in [-0.15, -0.1) is 11.8 Å². The molecule has 6 heteroatoms. The molecule has 1 aliphatic rings. The fourth-order valence-electron chi connectivity index (χ4n) is 3.00. The maximum absolute atomic E-state index is 12.5. The number of rotatable bonds is 6. The molecular weight excluding hydrogens is 342 g/mol. The molecule has 1 aromatic carbocycles. The van der Waals surface area contributed by atoms with Crippen LogP contribution in [-0.2, 0) is 25.1 Å². The van der Waals surface area contributed by atoms with Crippen molar-refractivity contribution >= 4 is 23.4 Å². The van der Waals surface area contributed by atoms with E-state index in [-0.39, 0.29) is 5.69 Å². The largest absolute Gasteiger partial charge is 0.348 e. The lowest BCUT2D eigenvalue weighted by Crippen LogP contribution is -2.31. The summed E-state index contributed by atoms with van der Waals surface area (Å²) in [6, 6.07) is 7.83. The quantitative estimate of drug-likeness (QED) is 0.583. The lowest BCUT2D eigenvalue weighted by atomic mass is 10.2. The Kier molecular flexibility index (Phi) is 5.64. The third kappa shape index (κ3) is 3.85. The number of hydrogen-bond donors (Lipinski definition) is 0. The summed E-state index contributed by atoms with van der Waals surface area (Å²) in [7, 11) is 4.04. The summed E-state index contributed by atoms with van der Waals surface area (Å²) in [6.07, 6.45) is 3.08. The van der Waals surface area contributed by atoms with Gasteiger partial charge in [-0.2, -0.15) is 4.98 Å². The number of benzene rings is 1. The van der Waals surface area contributed by atoms with Crippen molar-refractivity contribution in [2.45, 2.75) is 36.6 Å². The Balaban J connectivity index is 1.85. The maximum Gasteiger partial charge on any atom is 0.348 e. The first-order chi connectivity index (χ1) is 11.6. The molecule has 0 atom stereocenters. The van der Waals surface area contributed by atoms with Crippen LogP contribution in [-0.4, -0.2) is 35.1 Å². The van der Waals surface area contributed by atoms with Crippen LogP contribution in [0.1, 0.15) is 23.2 Å². The molecule has 1 aliphatic carbocycles. The van der Waals surface area contributed by atoms with Crippen molar-refractivity contribution in [3.05, 3.63) is 56.6 Å². The lowest BCUT2D eigenvalue weighted by Gasteiger charge is -2.16. The van der Waals surface area contributed by atoms with E-state index in [2.05, 4.69) is 9.88 Å². The molecular formula is C18H22ClN3OS. The molecule has 0 N–H and O–H groups in total. The van der Waals surface area contributed by atoms with Gasteiger partial charge in [-0.05, 0) is 45.0 Å². The lowest BCUT2D eigenvalue weighted by molar-refractivity contribution is 0.375. The molecule has 128 valence electrons. The Morgan fingerprint density at radius 1 is 1.29 bits per heavy atom. The van der Waals surface area contributed by atoms with E-state index in [9.17, 15) is 4.79 Å². The van der Waals surface area contributed by atoms with Crippen LogP contribution in [0, 0.1) is 0 Å². The summed E-state index contributed by atoms with van der Waals surface area (Å²) in [5.41, 5.74) is 3.39. The molecule has 0 saturated heterocycles. The molecule has 0 aliphatic heterocycles. The van der Waals surface area contributed by atoms with E-state index < -0.39 is 0 Å². The van der Waals surface area contributed by atoms with E-state index in [4.69, 9.17) is 11.6 Å². The Morgan fingerprint density at radius 3 is 2.83 bits per heavy atom. The van der Waals surface area contributed by atoms with Crippen LogP contribution in [0.5, 0.6) is 0 Å². The van der Waals surface area contributed by atoms with Gasteiger partial charge in [-0.3, -0.25) is 4.57 Å². The van der Waals surface area contributed by atoms with Gasteiger partial charge in [0.2, 0.25) is 0 Å². The van der Waals surface area contributed by atoms with E-state index in [1.807, 2.05) is 42.9 Å². The number of nitrogens with zero attached hydrogens (tertiary/aromatic N) is 3. The van der Waals surface area contributed by atoms with Crippen molar-refractivity contribution < 1.29 is 0 Å². The third-order valence-electron chi connectivity index (χ3n) is 4.29. The fraction of sp³-hybridized carbons (Fsp3) is 0.444. The summed E-state index contributed by atoms with van der Waals surface area (Å²) >= 11 is 7.85. The van der Waals surface area contributed by atoms with Crippen LogP contribution in [0.15, 0.2) is 34.1 Å². The number of thioether (sulfide) groups is 1. The van der Waals surface area contributed by atoms with E-state index in [0.717, 1.165) is 47.2 Å². The molecule has 4 nitrogen and oxygen atoms in total. The predicted octanol–water partition coefficient (Wildman–Crippen LogP) is 3.24. The molecule has 1 aromatic heterocycles. The predicted molar refractivity (Wildman–Crippen MR) is 100 cm³/mol.